The van der Waals surface area contributed by atoms with Gasteiger partial charge in [0.05, 0.1) is 22.1 Å². The van der Waals surface area contributed by atoms with E-state index in [4.69, 9.17) is 0 Å². The van der Waals surface area contributed by atoms with Crippen molar-refractivity contribution in [2.24, 2.45) is 0 Å². The van der Waals surface area contributed by atoms with Gasteiger partial charge in [-0.15, -0.1) is 0 Å². The minimum absolute atomic E-state index is 0.180. The second-order valence-corrected chi connectivity index (χ2v) is 18.3. The Bertz CT molecular complexity index is 3600. The Labute approximate surface area is 379 Å². The van der Waals surface area contributed by atoms with Crippen molar-refractivity contribution in [1.82, 2.24) is 4.57 Å². The average molecular weight is 828 g/mol. The average Bonchev–Trinajstić information content (AvgIpc) is 3.69. The highest BCUT2D eigenvalue weighted by molar-refractivity contribution is 6.20. The summed E-state index contributed by atoms with van der Waals surface area (Å²) >= 11 is 0. The fourth-order valence-electron chi connectivity index (χ4n) is 11.9. The molecule has 0 unspecified atom stereocenters. The third-order valence-electron chi connectivity index (χ3n) is 14.7. The first-order chi connectivity index (χ1) is 32.0. The molecular weight excluding hydrogens is 783 g/mol. The molecule has 65 heavy (non-hydrogen) atoms. The zero-order valence-corrected chi connectivity index (χ0v) is 36.5. The normalized spacial score (nSPS) is 13.9. The van der Waals surface area contributed by atoms with Crippen molar-refractivity contribution in [2.75, 3.05) is 0 Å². The summed E-state index contributed by atoms with van der Waals surface area (Å²) in [5, 5.41) is 7.21. The lowest BCUT2D eigenvalue weighted by atomic mass is 9.55. The quantitative estimate of drug-likeness (QED) is 0.167. The first-order valence-electron chi connectivity index (χ1n) is 22.8. The van der Waals surface area contributed by atoms with Crippen LogP contribution in [0.2, 0.25) is 0 Å². The number of aromatic nitrogens is 1. The summed E-state index contributed by atoms with van der Waals surface area (Å²) in [7, 11) is 0. The van der Waals surface area contributed by atoms with E-state index in [0.717, 1.165) is 16.7 Å². The molecule has 1 heterocycles. The molecule has 2 aliphatic carbocycles. The van der Waals surface area contributed by atoms with E-state index < -0.39 is 5.41 Å². The minimum Gasteiger partial charge on any atom is -0.309 e. The van der Waals surface area contributed by atoms with Crippen LogP contribution in [0.15, 0.2) is 237 Å². The molecule has 0 bridgehead atoms. The third-order valence-corrected chi connectivity index (χ3v) is 14.7. The highest BCUT2D eigenvalue weighted by Gasteiger charge is 2.53. The molecule has 1 nitrogen and oxygen atoms in total. The van der Waals surface area contributed by atoms with E-state index in [1.807, 2.05) is 0 Å². The van der Waals surface area contributed by atoms with Crippen LogP contribution in [-0.2, 0) is 10.8 Å². The molecule has 306 valence electrons. The highest BCUT2D eigenvalue weighted by atomic mass is 15.0. The Morgan fingerprint density at radius 3 is 1.20 bits per heavy atom. The summed E-state index contributed by atoms with van der Waals surface area (Å²) in [5.74, 6) is 0. The van der Waals surface area contributed by atoms with E-state index in [1.165, 1.54) is 99.1 Å². The number of nitrogens with zero attached hydrogens (tertiary/aromatic N) is 1. The Morgan fingerprint density at radius 1 is 0.292 bits per heavy atom. The van der Waals surface area contributed by atoms with Crippen LogP contribution in [0.5, 0.6) is 0 Å². The van der Waals surface area contributed by atoms with Crippen molar-refractivity contribution in [2.45, 2.75) is 24.7 Å². The summed E-state index contributed by atoms with van der Waals surface area (Å²) < 4.78 is 2.60. The third kappa shape index (κ3) is 5.33. The smallest absolute Gasteiger partial charge is 0.0720 e. The van der Waals surface area contributed by atoms with Crippen molar-refractivity contribution in [3.8, 4) is 39.1 Å². The standard InChI is InChI=1S/C64H45N/c1-63(2)54-30-15-17-32-56(54)64(57-33-18-16-31-55(57)63)53-29-14-13-28-50(53)62-58(64)34-19-35-61(62)65-59-38-36-44(42-20-5-3-6-21-42)40-51(59)48-26-11-9-24-46(48)47-25-10-12-27-49(47)52-41-45(37-39-60(52)65)43-22-7-4-8-23-43/h3-41H,1-2H3. The van der Waals surface area contributed by atoms with Crippen LogP contribution in [0.3, 0.4) is 0 Å². The number of rotatable bonds is 3. The van der Waals surface area contributed by atoms with Crippen molar-refractivity contribution < 1.29 is 0 Å². The van der Waals surface area contributed by atoms with Crippen LogP contribution in [0.25, 0.3) is 82.4 Å². The largest absolute Gasteiger partial charge is 0.309 e. The Hall–Kier alpha value is -8.00. The van der Waals surface area contributed by atoms with Gasteiger partial charge >= 0.3 is 0 Å². The van der Waals surface area contributed by atoms with Crippen LogP contribution in [0, 0.1) is 0 Å². The zero-order valence-electron chi connectivity index (χ0n) is 36.5. The molecule has 0 N–H and O–H groups in total. The molecule has 0 radical (unpaired) electrons. The molecule has 10 aromatic carbocycles. The van der Waals surface area contributed by atoms with Gasteiger partial charge in [-0.05, 0) is 113 Å². The summed E-state index contributed by atoms with van der Waals surface area (Å²) in [6.45, 7) is 4.80. The first-order valence-corrected chi connectivity index (χ1v) is 22.8. The SMILES string of the molecule is CC1(C)c2ccccc2C2(c3ccccc3-c3c(-n4c5ccc(-c6ccccc6)cc5c5ccccc5c5ccccc5c5cc(-c6ccccc6)ccc54)cccc32)c2ccccc21. The summed E-state index contributed by atoms with van der Waals surface area (Å²) in [6.07, 6.45) is 0. The van der Waals surface area contributed by atoms with Gasteiger partial charge in [-0.25, -0.2) is 0 Å². The van der Waals surface area contributed by atoms with E-state index in [9.17, 15) is 0 Å². The Balaban J connectivity index is 1.27. The van der Waals surface area contributed by atoms with E-state index in [2.05, 4.69) is 255 Å². The van der Waals surface area contributed by atoms with E-state index >= 15 is 0 Å². The summed E-state index contributed by atoms with van der Waals surface area (Å²) in [4.78, 5) is 0. The zero-order chi connectivity index (χ0) is 43.3. The lowest BCUT2D eigenvalue weighted by molar-refractivity contribution is 0.563. The van der Waals surface area contributed by atoms with Crippen LogP contribution in [0.4, 0.5) is 0 Å². The molecule has 0 amide bonds. The van der Waals surface area contributed by atoms with Crippen LogP contribution >= 0.6 is 0 Å². The predicted octanol–water partition coefficient (Wildman–Crippen LogP) is 16.6. The molecular formula is C64H45N. The molecule has 13 rings (SSSR count). The van der Waals surface area contributed by atoms with Crippen LogP contribution in [-0.4, -0.2) is 4.57 Å². The topological polar surface area (TPSA) is 4.93 Å². The molecule has 1 heteroatoms. The van der Waals surface area contributed by atoms with Crippen molar-refractivity contribution in [3.63, 3.8) is 0 Å². The Morgan fingerprint density at radius 2 is 0.692 bits per heavy atom. The van der Waals surface area contributed by atoms with Crippen molar-refractivity contribution >= 4 is 43.4 Å². The summed E-state index contributed by atoms with van der Waals surface area (Å²) in [5.41, 5.74) is 18.1. The number of hydrogen-bond donors (Lipinski definition) is 0. The van der Waals surface area contributed by atoms with E-state index in [1.54, 1.807) is 0 Å². The second-order valence-electron chi connectivity index (χ2n) is 18.3. The van der Waals surface area contributed by atoms with Gasteiger partial charge in [0, 0.05) is 21.8 Å². The lowest BCUT2D eigenvalue weighted by Crippen LogP contribution is -2.40. The van der Waals surface area contributed by atoms with Crippen molar-refractivity contribution in [1.29, 1.82) is 0 Å². The van der Waals surface area contributed by atoms with Gasteiger partial charge in [0.2, 0.25) is 0 Å². The minimum atomic E-state index is -0.524. The fourth-order valence-corrected chi connectivity index (χ4v) is 11.9. The molecule has 0 saturated heterocycles. The number of hydrogen-bond acceptors (Lipinski definition) is 0. The maximum Gasteiger partial charge on any atom is 0.0720 e. The molecule has 0 saturated carbocycles. The highest BCUT2D eigenvalue weighted by Crippen LogP contribution is 2.63. The van der Waals surface area contributed by atoms with Crippen LogP contribution in [0.1, 0.15) is 47.2 Å². The molecule has 2 aliphatic rings. The number of benzene rings is 10. The molecule has 0 fully saturated rings. The number of fused-ring (bicyclic) bond motifs is 16. The van der Waals surface area contributed by atoms with Gasteiger partial charge in [-0.3, -0.25) is 0 Å². The molecule has 1 spiro atoms. The van der Waals surface area contributed by atoms with E-state index in [0.29, 0.717) is 0 Å². The van der Waals surface area contributed by atoms with Gasteiger partial charge < -0.3 is 4.57 Å². The predicted molar refractivity (Wildman–Crippen MR) is 274 cm³/mol. The Kier molecular flexibility index (Phi) is 8.24. The molecule has 11 aromatic rings. The van der Waals surface area contributed by atoms with Crippen molar-refractivity contribution in [3.05, 3.63) is 270 Å². The summed E-state index contributed by atoms with van der Waals surface area (Å²) in [6, 6.07) is 88.7. The molecule has 0 atom stereocenters. The van der Waals surface area contributed by atoms with Gasteiger partial charge in [0.15, 0.2) is 0 Å². The van der Waals surface area contributed by atoms with Gasteiger partial charge in [-0.2, -0.15) is 0 Å². The van der Waals surface area contributed by atoms with E-state index in [-0.39, 0.29) is 5.41 Å². The first kappa shape index (κ1) is 37.5. The monoisotopic (exact) mass is 827 g/mol. The lowest BCUT2D eigenvalue weighted by Gasteiger charge is -2.46. The molecule has 1 aromatic heterocycles. The maximum atomic E-state index is 2.60. The van der Waals surface area contributed by atoms with Gasteiger partial charge in [0.25, 0.3) is 0 Å². The van der Waals surface area contributed by atoms with Gasteiger partial charge in [-0.1, -0.05) is 220 Å². The van der Waals surface area contributed by atoms with Gasteiger partial charge in [0.1, 0.15) is 0 Å². The molecule has 0 aliphatic heterocycles. The maximum absolute atomic E-state index is 2.60. The fraction of sp³-hybridized carbons (Fsp3) is 0.0625. The second kappa shape index (κ2) is 14.3. The van der Waals surface area contributed by atoms with Crippen LogP contribution < -0.4 is 0 Å².